The standard InChI is InChI=1S/C8H11NO3/c10-3-6-1-7(4-11)9-8(2-6)5-12/h1-2,10-12H,3-5H2. The van der Waals surface area contributed by atoms with Crippen molar-refractivity contribution in [3.05, 3.63) is 29.1 Å². The van der Waals surface area contributed by atoms with Crippen molar-refractivity contribution in [2.24, 2.45) is 0 Å². The fourth-order valence-corrected chi connectivity index (χ4v) is 0.972. The third-order valence-corrected chi connectivity index (χ3v) is 1.50. The van der Waals surface area contributed by atoms with E-state index in [-0.39, 0.29) is 19.8 Å². The molecule has 12 heavy (non-hydrogen) atoms. The van der Waals surface area contributed by atoms with E-state index in [2.05, 4.69) is 4.98 Å². The number of aromatic nitrogens is 1. The third-order valence-electron chi connectivity index (χ3n) is 1.50. The van der Waals surface area contributed by atoms with Gasteiger partial charge in [0.2, 0.25) is 0 Å². The summed E-state index contributed by atoms with van der Waals surface area (Å²) >= 11 is 0. The molecule has 3 N–H and O–H groups in total. The summed E-state index contributed by atoms with van der Waals surface area (Å²) in [6.45, 7) is -0.468. The fraction of sp³-hybridized carbons (Fsp3) is 0.375. The molecule has 0 spiro atoms. The van der Waals surface area contributed by atoms with E-state index in [1.54, 1.807) is 12.1 Å². The largest absolute Gasteiger partial charge is 0.392 e. The second-order valence-electron chi connectivity index (χ2n) is 2.43. The number of nitrogens with zero attached hydrogens (tertiary/aromatic N) is 1. The van der Waals surface area contributed by atoms with Gasteiger partial charge in [-0.05, 0) is 17.7 Å². The molecule has 0 amide bonds. The lowest BCUT2D eigenvalue weighted by Crippen LogP contribution is -1.98. The minimum Gasteiger partial charge on any atom is -0.392 e. The molecule has 0 aliphatic carbocycles. The first-order valence-corrected chi connectivity index (χ1v) is 3.61. The van der Waals surface area contributed by atoms with Gasteiger partial charge in [0.15, 0.2) is 0 Å². The Hall–Kier alpha value is -0.970. The van der Waals surface area contributed by atoms with Crippen molar-refractivity contribution in [1.82, 2.24) is 4.98 Å². The van der Waals surface area contributed by atoms with Gasteiger partial charge >= 0.3 is 0 Å². The van der Waals surface area contributed by atoms with Crippen molar-refractivity contribution in [3.63, 3.8) is 0 Å². The molecule has 0 aliphatic rings. The number of aliphatic hydroxyl groups excluding tert-OH is 3. The fourth-order valence-electron chi connectivity index (χ4n) is 0.972. The highest BCUT2D eigenvalue weighted by Crippen LogP contribution is 2.06. The quantitative estimate of drug-likeness (QED) is 0.573. The molecule has 0 fully saturated rings. The molecule has 0 saturated heterocycles. The predicted octanol–water partition coefficient (Wildman–Crippen LogP) is -0.442. The van der Waals surface area contributed by atoms with E-state index < -0.39 is 0 Å². The maximum Gasteiger partial charge on any atom is 0.0853 e. The Morgan fingerprint density at radius 2 is 1.42 bits per heavy atom. The highest BCUT2D eigenvalue weighted by Gasteiger charge is 1.99. The zero-order valence-corrected chi connectivity index (χ0v) is 6.56. The molecule has 0 bridgehead atoms. The van der Waals surface area contributed by atoms with Crippen LogP contribution in [0.2, 0.25) is 0 Å². The molecule has 0 aromatic carbocycles. The molecule has 1 aromatic rings. The molecule has 0 aliphatic heterocycles. The van der Waals surface area contributed by atoms with Gasteiger partial charge in [0.05, 0.1) is 31.2 Å². The summed E-state index contributed by atoms with van der Waals surface area (Å²) in [4.78, 5) is 3.91. The summed E-state index contributed by atoms with van der Waals surface area (Å²) in [6.07, 6.45) is 0. The Morgan fingerprint density at radius 3 is 1.75 bits per heavy atom. The second-order valence-corrected chi connectivity index (χ2v) is 2.43. The average Bonchev–Trinajstić information content (AvgIpc) is 2.16. The van der Waals surface area contributed by atoms with Crippen molar-refractivity contribution < 1.29 is 15.3 Å². The van der Waals surface area contributed by atoms with E-state index in [1.807, 2.05) is 0 Å². The zero-order valence-electron chi connectivity index (χ0n) is 6.56. The van der Waals surface area contributed by atoms with Crippen LogP contribution in [-0.4, -0.2) is 20.3 Å². The van der Waals surface area contributed by atoms with Crippen molar-refractivity contribution >= 4 is 0 Å². The molecule has 1 rings (SSSR count). The SMILES string of the molecule is OCc1cc(CO)nc(CO)c1. The zero-order chi connectivity index (χ0) is 8.97. The van der Waals surface area contributed by atoms with Gasteiger partial charge in [-0.15, -0.1) is 0 Å². The van der Waals surface area contributed by atoms with E-state index in [9.17, 15) is 0 Å². The molecule has 0 radical (unpaired) electrons. The van der Waals surface area contributed by atoms with Crippen LogP contribution in [0.3, 0.4) is 0 Å². The Labute approximate surface area is 70.1 Å². The Morgan fingerprint density at radius 1 is 0.917 bits per heavy atom. The summed E-state index contributed by atoms with van der Waals surface area (Å²) < 4.78 is 0. The van der Waals surface area contributed by atoms with Crippen LogP contribution in [0.1, 0.15) is 17.0 Å². The number of aliphatic hydroxyl groups is 3. The minimum absolute atomic E-state index is 0.109. The van der Waals surface area contributed by atoms with Gasteiger partial charge in [0, 0.05) is 0 Å². The van der Waals surface area contributed by atoms with Crippen LogP contribution in [0.5, 0.6) is 0 Å². The Kier molecular flexibility index (Phi) is 3.16. The summed E-state index contributed by atoms with van der Waals surface area (Å²) in [5, 5.41) is 26.3. The number of hydrogen-bond donors (Lipinski definition) is 3. The number of rotatable bonds is 3. The van der Waals surface area contributed by atoms with Gasteiger partial charge in [-0.25, -0.2) is 0 Å². The molecule has 0 atom stereocenters. The van der Waals surface area contributed by atoms with E-state index in [1.165, 1.54) is 0 Å². The van der Waals surface area contributed by atoms with Gasteiger partial charge in [-0.1, -0.05) is 0 Å². The van der Waals surface area contributed by atoms with Gasteiger partial charge < -0.3 is 15.3 Å². The smallest absolute Gasteiger partial charge is 0.0853 e. The van der Waals surface area contributed by atoms with Gasteiger partial charge in [0.25, 0.3) is 0 Å². The van der Waals surface area contributed by atoms with Crippen LogP contribution < -0.4 is 0 Å². The van der Waals surface area contributed by atoms with E-state index in [4.69, 9.17) is 15.3 Å². The average molecular weight is 169 g/mol. The Balaban J connectivity index is 3.01. The molecule has 66 valence electrons. The van der Waals surface area contributed by atoms with Crippen molar-refractivity contribution in [2.45, 2.75) is 19.8 Å². The maximum atomic E-state index is 8.79. The minimum atomic E-state index is -0.180. The predicted molar refractivity (Wildman–Crippen MR) is 42.0 cm³/mol. The second kappa shape index (κ2) is 4.15. The normalized spacial score (nSPS) is 10.2. The lowest BCUT2D eigenvalue weighted by atomic mass is 10.2. The summed E-state index contributed by atoms with van der Waals surface area (Å²) in [7, 11) is 0. The van der Waals surface area contributed by atoms with Crippen LogP contribution in [0.4, 0.5) is 0 Å². The number of hydrogen-bond acceptors (Lipinski definition) is 4. The topological polar surface area (TPSA) is 73.6 Å². The van der Waals surface area contributed by atoms with E-state index in [0.717, 1.165) is 0 Å². The Bertz CT molecular complexity index is 207. The highest BCUT2D eigenvalue weighted by atomic mass is 16.3. The lowest BCUT2D eigenvalue weighted by molar-refractivity contribution is 0.260. The summed E-state index contributed by atoms with van der Waals surface area (Å²) in [5.41, 5.74) is 1.58. The molecule has 4 nitrogen and oxygen atoms in total. The van der Waals surface area contributed by atoms with Gasteiger partial charge in [0.1, 0.15) is 0 Å². The van der Waals surface area contributed by atoms with Crippen molar-refractivity contribution in [1.29, 1.82) is 0 Å². The van der Waals surface area contributed by atoms with Crippen LogP contribution in [0.15, 0.2) is 12.1 Å². The first-order chi connectivity index (χ1) is 5.80. The van der Waals surface area contributed by atoms with Crippen LogP contribution in [-0.2, 0) is 19.8 Å². The first-order valence-electron chi connectivity index (χ1n) is 3.61. The summed E-state index contributed by atoms with van der Waals surface area (Å²) in [6, 6.07) is 3.19. The molecule has 0 unspecified atom stereocenters. The molecular weight excluding hydrogens is 158 g/mol. The lowest BCUT2D eigenvalue weighted by Gasteiger charge is -2.02. The first kappa shape index (κ1) is 9.12. The monoisotopic (exact) mass is 169 g/mol. The molecular formula is C8H11NO3. The van der Waals surface area contributed by atoms with E-state index >= 15 is 0 Å². The molecule has 0 saturated carbocycles. The molecule has 1 heterocycles. The van der Waals surface area contributed by atoms with Crippen LogP contribution >= 0.6 is 0 Å². The maximum absolute atomic E-state index is 8.79. The van der Waals surface area contributed by atoms with E-state index in [0.29, 0.717) is 17.0 Å². The van der Waals surface area contributed by atoms with Crippen LogP contribution in [0, 0.1) is 0 Å². The van der Waals surface area contributed by atoms with Crippen LogP contribution in [0.25, 0.3) is 0 Å². The highest BCUT2D eigenvalue weighted by molar-refractivity contribution is 5.20. The number of pyridine rings is 1. The third kappa shape index (κ3) is 2.01. The van der Waals surface area contributed by atoms with Crippen molar-refractivity contribution in [2.75, 3.05) is 0 Å². The van der Waals surface area contributed by atoms with Gasteiger partial charge in [-0.3, -0.25) is 4.98 Å². The summed E-state index contributed by atoms with van der Waals surface area (Å²) in [5.74, 6) is 0. The molecule has 1 aromatic heterocycles. The van der Waals surface area contributed by atoms with Crippen molar-refractivity contribution in [3.8, 4) is 0 Å². The molecule has 4 heteroatoms. The van der Waals surface area contributed by atoms with Gasteiger partial charge in [-0.2, -0.15) is 0 Å².